The predicted molar refractivity (Wildman–Crippen MR) is 175 cm³/mol. The van der Waals surface area contributed by atoms with Crippen molar-refractivity contribution < 1.29 is 47.9 Å². The molecule has 0 amide bonds. The number of benzene rings is 2. The molecule has 0 bridgehead atoms. The average Bonchev–Trinajstić information content (AvgIpc) is 3.10. The highest BCUT2D eigenvalue weighted by atomic mass is 17.2. The van der Waals surface area contributed by atoms with Gasteiger partial charge in [0, 0.05) is 18.8 Å². The van der Waals surface area contributed by atoms with Crippen LogP contribution >= 0.6 is 0 Å². The van der Waals surface area contributed by atoms with Crippen LogP contribution in [0.15, 0.2) is 73.8 Å². The van der Waals surface area contributed by atoms with Crippen molar-refractivity contribution in [3.05, 3.63) is 79.4 Å². The molecule has 47 heavy (non-hydrogen) atoms. The minimum absolute atomic E-state index is 0.165. The molecule has 1 fully saturated rings. The molecular formula is C37H46O10. The lowest BCUT2D eigenvalue weighted by molar-refractivity contribution is -0.207. The highest BCUT2D eigenvalue weighted by molar-refractivity contribution is 5.91. The van der Waals surface area contributed by atoms with E-state index in [0.29, 0.717) is 18.1 Å². The maximum absolute atomic E-state index is 12.7. The van der Waals surface area contributed by atoms with Crippen LogP contribution in [0.5, 0.6) is 17.2 Å². The molecule has 1 aliphatic rings. The molecule has 0 atom stereocenters. The second-order valence-electron chi connectivity index (χ2n) is 11.4. The number of rotatable bonds is 21. The second-order valence-corrected chi connectivity index (χ2v) is 11.4. The van der Waals surface area contributed by atoms with E-state index in [1.165, 1.54) is 62.4 Å². The quantitative estimate of drug-likeness (QED) is 0.0332. The van der Waals surface area contributed by atoms with Crippen molar-refractivity contribution in [3.8, 4) is 17.2 Å². The molecule has 10 heteroatoms. The third kappa shape index (κ3) is 14.7. The van der Waals surface area contributed by atoms with Gasteiger partial charge in [0.05, 0.1) is 24.2 Å². The van der Waals surface area contributed by atoms with Crippen LogP contribution in [0.4, 0.5) is 0 Å². The molecule has 2 aromatic rings. The lowest BCUT2D eigenvalue weighted by Gasteiger charge is -2.27. The molecule has 0 saturated heterocycles. The highest BCUT2D eigenvalue weighted by Gasteiger charge is 2.28. The van der Waals surface area contributed by atoms with E-state index in [-0.39, 0.29) is 35.3 Å². The third-order valence-corrected chi connectivity index (χ3v) is 7.79. The first-order chi connectivity index (χ1) is 22.9. The zero-order valence-corrected chi connectivity index (χ0v) is 27.0. The monoisotopic (exact) mass is 650 g/mol. The minimum atomic E-state index is -0.739. The average molecular weight is 651 g/mol. The van der Waals surface area contributed by atoms with Gasteiger partial charge in [0.15, 0.2) is 5.75 Å². The Morgan fingerprint density at radius 2 is 1.13 bits per heavy atom. The van der Waals surface area contributed by atoms with E-state index < -0.39 is 11.9 Å². The summed E-state index contributed by atoms with van der Waals surface area (Å²) in [6.07, 6.45) is 15.8. The lowest BCUT2D eigenvalue weighted by Crippen LogP contribution is -2.29. The van der Waals surface area contributed by atoms with E-state index in [4.69, 9.17) is 23.8 Å². The summed E-state index contributed by atoms with van der Waals surface area (Å²) in [5.41, 5.74) is 0.268. The summed E-state index contributed by atoms with van der Waals surface area (Å²) in [6.45, 7) is 7.89. The first-order valence-corrected chi connectivity index (χ1v) is 16.4. The maximum atomic E-state index is 12.7. The van der Waals surface area contributed by atoms with Crippen LogP contribution in [-0.4, -0.2) is 43.2 Å². The first kappa shape index (κ1) is 37.0. The van der Waals surface area contributed by atoms with Gasteiger partial charge in [0.1, 0.15) is 11.5 Å². The molecule has 1 saturated carbocycles. The zero-order valence-electron chi connectivity index (χ0n) is 27.0. The summed E-state index contributed by atoms with van der Waals surface area (Å²) in [5, 5.41) is 0. The Labute approximate surface area is 276 Å². The fourth-order valence-electron chi connectivity index (χ4n) is 5.10. The van der Waals surface area contributed by atoms with Crippen molar-refractivity contribution in [2.45, 2.75) is 89.6 Å². The van der Waals surface area contributed by atoms with Crippen LogP contribution in [0.3, 0.4) is 0 Å². The Morgan fingerprint density at radius 1 is 0.617 bits per heavy atom. The summed E-state index contributed by atoms with van der Waals surface area (Å²) in [6, 6.07) is 12.2. The molecule has 0 spiro atoms. The first-order valence-electron chi connectivity index (χ1n) is 16.4. The molecule has 3 rings (SSSR count). The summed E-state index contributed by atoms with van der Waals surface area (Å²) in [5.74, 6) is -1.19. The van der Waals surface area contributed by atoms with Crippen LogP contribution in [0.1, 0.15) is 93.8 Å². The van der Waals surface area contributed by atoms with Crippen molar-refractivity contribution in [1.29, 1.82) is 0 Å². The molecule has 2 aromatic carbocycles. The molecule has 254 valence electrons. The number of hydrogen-bond acceptors (Lipinski definition) is 10. The Hall–Kier alpha value is -4.44. The number of carbonyl (C=O) groups is 4. The van der Waals surface area contributed by atoms with Crippen LogP contribution in [-0.2, 0) is 28.7 Å². The fourth-order valence-corrected chi connectivity index (χ4v) is 5.10. The van der Waals surface area contributed by atoms with Gasteiger partial charge in [-0.25, -0.2) is 19.3 Å². The van der Waals surface area contributed by atoms with E-state index in [0.717, 1.165) is 64.0 Å². The molecule has 0 radical (unpaired) electrons. The standard InChI is InChI=1S/C37H46O10/c1-3-34(38)43-27-13-11-9-7-5-6-8-10-12-26-42-30-18-14-28(15-19-30)36(40)44-31-22-24-32(25-23-31)45-37(41)29-16-20-33(21-17-29)46-47-35(39)4-2/h3-4,16-17,20-25,28,30H,1-2,5-15,18-19,26-27H2. The van der Waals surface area contributed by atoms with Crippen LogP contribution in [0.25, 0.3) is 0 Å². The minimum Gasteiger partial charge on any atom is -0.463 e. The van der Waals surface area contributed by atoms with Gasteiger partial charge in [-0.3, -0.25) is 9.68 Å². The summed E-state index contributed by atoms with van der Waals surface area (Å²) in [4.78, 5) is 56.6. The smallest absolute Gasteiger partial charge is 0.378 e. The van der Waals surface area contributed by atoms with Gasteiger partial charge in [0.2, 0.25) is 0 Å². The molecule has 0 unspecified atom stereocenters. The zero-order chi connectivity index (χ0) is 33.7. The number of carbonyl (C=O) groups excluding carboxylic acids is 4. The summed E-state index contributed by atoms with van der Waals surface area (Å²) < 4.78 is 22.0. The maximum Gasteiger partial charge on any atom is 0.378 e. The molecular weight excluding hydrogens is 604 g/mol. The molecule has 0 heterocycles. The van der Waals surface area contributed by atoms with Gasteiger partial charge in [-0.1, -0.05) is 58.1 Å². The van der Waals surface area contributed by atoms with Crippen molar-refractivity contribution in [3.63, 3.8) is 0 Å². The predicted octanol–water partition coefficient (Wildman–Crippen LogP) is 7.65. The third-order valence-electron chi connectivity index (χ3n) is 7.79. The van der Waals surface area contributed by atoms with Gasteiger partial charge in [-0.15, -0.1) is 0 Å². The molecule has 1 aliphatic carbocycles. The van der Waals surface area contributed by atoms with Crippen molar-refractivity contribution in [2.75, 3.05) is 13.2 Å². The van der Waals surface area contributed by atoms with E-state index in [1.54, 1.807) is 24.3 Å². The number of unbranched alkanes of at least 4 members (excludes halogenated alkanes) is 8. The van der Waals surface area contributed by atoms with E-state index in [9.17, 15) is 19.2 Å². The Kier molecular flexibility index (Phi) is 16.8. The number of esters is 3. The molecule has 10 nitrogen and oxygen atoms in total. The topological polar surface area (TPSA) is 124 Å². The Bertz CT molecular complexity index is 1280. The molecule has 0 aliphatic heterocycles. The van der Waals surface area contributed by atoms with Gasteiger partial charge < -0.3 is 18.9 Å². The van der Waals surface area contributed by atoms with Crippen molar-refractivity contribution in [1.82, 2.24) is 0 Å². The number of hydrogen-bond donors (Lipinski definition) is 0. The lowest BCUT2D eigenvalue weighted by atomic mass is 9.87. The van der Waals surface area contributed by atoms with Crippen molar-refractivity contribution >= 4 is 23.9 Å². The normalized spacial score (nSPS) is 15.6. The molecule has 0 N–H and O–H groups in total. The fraction of sp³-hybridized carbons (Fsp3) is 0.459. The van der Waals surface area contributed by atoms with Gasteiger partial charge in [-0.2, -0.15) is 0 Å². The van der Waals surface area contributed by atoms with Gasteiger partial charge in [-0.05, 0) is 87.1 Å². The van der Waals surface area contributed by atoms with Crippen molar-refractivity contribution in [2.24, 2.45) is 5.92 Å². The second kappa shape index (κ2) is 21.4. The highest BCUT2D eigenvalue weighted by Crippen LogP contribution is 2.29. The van der Waals surface area contributed by atoms with E-state index in [2.05, 4.69) is 18.0 Å². The number of ether oxygens (including phenoxy) is 4. The van der Waals surface area contributed by atoms with Gasteiger partial charge >= 0.3 is 23.9 Å². The molecule has 0 aromatic heterocycles. The van der Waals surface area contributed by atoms with Crippen LogP contribution in [0, 0.1) is 5.92 Å². The van der Waals surface area contributed by atoms with E-state index in [1.807, 2.05) is 0 Å². The summed E-state index contributed by atoms with van der Waals surface area (Å²) >= 11 is 0. The van der Waals surface area contributed by atoms with Gasteiger partial charge in [0.25, 0.3) is 0 Å². The summed E-state index contributed by atoms with van der Waals surface area (Å²) in [7, 11) is 0. The van der Waals surface area contributed by atoms with E-state index >= 15 is 0 Å². The SMILES string of the molecule is C=CC(=O)OCCCCCCCCCCCOC1CCC(C(=O)Oc2ccc(OC(=O)c3ccc(OOC(=O)C=C)cc3)cc2)CC1. The van der Waals surface area contributed by atoms with Crippen LogP contribution in [0.2, 0.25) is 0 Å². The Morgan fingerprint density at radius 3 is 1.70 bits per heavy atom. The largest absolute Gasteiger partial charge is 0.463 e. The van der Waals surface area contributed by atoms with Crippen LogP contribution < -0.4 is 14.4 Å². The Balaban J connectivity index is 1.22.